The second-order valence-electron chi connectivity index (χ2n) is 5.00. The normalized spacial score (nSPS) is 22.2. The zero-order chi connectivity index (χ0) is 11.9. The van der Waals surface area contributed by atoms with Crippen LogP contribution in [0.2, 0.25) is 0 Å². The van der Waals surface area contributed by atoms with Crippen LogP contribution in [0.15, 0.2) is 12.1 Å². The van der Waals surface area contributed by atoms with E-state index >= 15 is 0 Å². The fourth-order valence-electron chi connectivity index (χ4n) is 2.52. The van der Waals surface area contributed by atoms with E-state index in [9.17, 15) is 5.26 Å². The summed E-state index contributed by atoms with van der Waals surface area (Å²) in [4.78, 5) is 0. The van der Waals surface area contributed by atoms with E-state index in [1.165, 1.54) is 11.1 Å². The van der Waals surface area contributed by atoms with Gasteiger partial charge in [-0.15, -0.1) is 0 Å². The average Bonchev–Trinajstić information content (AvgIpc) is 2.25. The van der Waals surface area contributed by atoms with Gasteiger partial charge in [0.1, 0.15) is 5.75 Å². The van der Waals surface area contributed by atoms with E-state index in [1.54, 1.807) is 7.11 Å². The van der Waals surface area contributed by atoms with E-state index < -0.39 is 0 Å². The zero-order valence-corrected chi connectivity index (χ0v) is 10.3. The largest absolute Gasteiger partial charge is 0.496 e. The van der Waals surface area contributed by atoms with Crippen molar-refractivity contribution < 1.29 is 4.74 Å². The third kappa shape index (κ3) is 1.31. The lowest BCUT2D eigenvalue weighted by atomic mass is 9.65. The molecule has 0 bridgehead atoms. The van der Waals surface area contributed by atoms with Crippen LogP contribution in [-0.4, -0.2) is 7.11 Å². The number of hydrogen-bond acceptors (Lipinski definition) is 2. The highest BCUT2D eigenvalue weighted by Gasteiger charge is 2.42. The first-order chi connectivity index (χ1) is 7.53. The molecule has 1 aliphatic rings. The highest BCUT2D eigenvalue weighted by Crippen LogP contribution is 2.48. The smallest absolute Gasteiger partial charge is 0.127 e. The van der Waals surface area contributed by atoms with Crippen LogP contribution in [0, 0.1) is 11.3 Å². The molecule has 2 heteroatoms. The molecule has 0 N–H and O–H groups in total. The predicted octanol–water partition coefficient (Wildman–Crippen LogP) is 3.16. The highest BCUT2D eigenvalue weighted by atomic mass is 16.5. The van der Waals surface area contributed by atoms with Gasteiger partial charge in [0.15, 0.2) is 0 Å². The molecule has 84 valence electrons. The maximum absolute atomic E-state index is 9.24. The van der Waals surface area contributed by atoms with E-state index in [2.05, 4.69) is 32.0 Å². The van der Waals surface area contributed by atoms with Gasteiger partial charge < -0.3 is 4.74 Å². The third-order valence-electron chi connectivity index (χ3n) is 3.44. The van der Waals surface area contributed by atoms with E-state index in [0.717, 1.165) is 17.7 Å². The zero-order valence-electron chi connectivity index (χ0n) is 10.3. The van der Waals surface area contributed by atoms with Crippen molar-refractivity contribution in [2.45, 2.75) is 38.5 Å². The van der Waals surface area contributed by atoms with Crippen LogP contribution < -0.4 is 4.74 Å². The van der Waals surface area contributed by atoms with Crippen molar-refractivity contribution in [3.05, 3.63) is 28.8 Å². The van der Waals surface area contributed by atoms with Crippen LogP contribution in [0.25, 0.3) is 0 Å². The van der Waals surface area contributed by atoms with E-state index in [4.69, 9.17) is 4.74 Å². The molecule has 1 atom stereocenters. The molecule has 0 saturated carbocycles. The number of fused-ring (bicyclic) bond motifs is 1. The van der Waals surface area contributed by atoms with Gasteiger partial charge in [-0.3, -0.25) is 0 Å². The summed E-state index contributed by atoms with van der Waals surface area (Å²) >= 11 is 0. The van der Waals surface area contributed by atoms with Gasteiger partial charge in [0.25, 0.3) is 0 Å². The Morgan fingerprint density at radius 1 is 1.44 bits per heavy atom. The maximum atomic E-state index is 9.24. The molecule has 0 aromatic heterocycles. The van der Waals surface area contributed by atoms with Gasteiger partial charge in [-0.25, -0.2) is 0 Å². The van der Waals surface area contributed by atoms with Crippen molar-refractivity contribution in [2.75, 3.05) is 7.11 Å². The minimum atomic E-state index is -0.356. The predicted molar refractivity (Wildman–Crippen MR) is 63.8 cm³/mol. The number of methoxy groups -OCH3 is 1. The summed E-state index contributed by atoms with van der Waals surface area (Å²) in [5, 5.41) is 9.24. The first kappa shape index (κ1) is 11.0. The van der Waals surface area contributed by atoms with Crippen molar-refractivity contribution in [3.63, 3.8) is 0 Å². The van der Waals surface area contributed by atoms with Gasteiger partial charge in [0.2, 0.25) is 0 Å². The van der Waals surface area contributed by atoms with Crippen molar-refractivity contribution in [1.29, 1.82) is 5.26 Å². The lowest BCUT2D eigenvalue weighted by molar-refractivity contribution is 0.379. The van der Waals surface area contributed by atoms with Gasteiger partial charge >= 0.3 is 0 Å². The molecule has 0 fully saturated rings. The molecular weight excluding hydrogens is 198 g/mol. The van der Waals surface area contributed by atoms with Crippen LogP contribution >= 0.6 is 0 Å². The van der Waals surface area contributed by atoms with Crippen LogP contribution in [-0.2, 0) is 11.8 Å². The average molecular weight is 215 g/mol. The Morgan fingerprint density at radius 2 is 2.12 bits per heavy atom. The van der Waals surface area contributed by atoms with Crippen molar-refractivity contribution in [3.8, 4) is 11.8 Å². The summed E-state index contributed by atoms with van der Waals surface area (Å²) in [6, 6.07) is 6.65. The third-order valence-corrected chi connectivity index (χ3v) is 3.44. The summed E-state index contributed by atoms with van der Waals surface area (Å²) in [7, 11) is 1.69. The Kier molecular flexibility index (Phi) is 2.42. The maximum Gasteiger partial charge on any atom is 0.127 e. The van der Waals surface area contributed by atoms with Gasteiger partial charge in [0, 0.05) is 5.56 Å². The number of ether oxygens (including phenoxy) is 1. The molecule has 0 heterocycles. The Hall–Kier alpha value is -1.49. The molecule has 2 rings (SSSR count). The summed E-state index contributed by atoms with van der Waals surface area (Å²) in [6.07, 6.45) is 0.841. The minimum Gasteiger partial charge on any atom is -0.496 e. The minimum absolute atomic E-state index is 0.356. The molecule has 0 amide bonds. The molecule has 0 saturated heterocycles. The quantitative estimate of drug-likeness (QED) is 0.759. The summed E-state index contributed by atoms with van der Waals surface area (Å²) in [6.45, 7) is 6.28. The molecule has 0 radical (unpaired) electrons. The van der Waals surface area contributed by atoms with Gasteiger partial charge in [-0.05, 0) is 30.4 Å². The first-order valence-corrected chi connectivity index (χ1v) is 5.65. The first-order valence-electron chi connectivity index (χ1n) is 5.65. The lowest BCUT2D eigenvalue weighted by Crippen LogP contribution is -2.35. The molecule has 1 aliphatic carbocycles. The number of benzene rings is 1. The van der Waals surface area contributed by atoms with Crippen LogP contribution in [0.5, 0.6) is 5.75 Å². The standard InChI is InChI=1S/C14H17NO/c1-9(2)11-6-5-10-7-14(3,8-15)12(10)13(11)16-4/h5-6,9H,7H2,1-4H3. The van der Waals surface area contributed by atoms with Crippen molar-refractivity contribution in [2.24, 2.45) is 0 Å². The SMILES string of the molecule is COc1c(C(C)C)ccc2c1C(C)(C#N)C2. The van der Waals surface area contributed by atoms with E-state index in [1.807, 2.05) is 6.92 Å². The van der Waals surface area contributed by atoms with Crippen molar-refractivity contribution >= 4 is 0 Å². The Morgan fingerprint density at radius 3 is 2.62 bits per heavy atom. The summed E-state index contributed by atoms with van der Waals surface area (Å²) in [5.74, 6) is 1.34. The van der Waals surface area contributed by atoms with Crippen molar-refractivity contribution in [1.82, 2.24) is 0 Å². The number of nitriles is 1. The molecule has 0 aliphatic heterocycles. The lowest BCUT2D eigenvalue weighted by Gasteiger charge is -2.37. The molecule has 0 spiro atoms. The Balaban J connectivity index is 2.63. The summed E-state index contributed by atoms with van der Waals surface area (Å²) in [5.41, 5.74) is 3.20. The topological polar surface area (TPSA) is 33.0 Å². The van der Waals surface area contributed by atoms with Crippen LogP contribution in [0.1, 0.15) is 43.4 Å². The molecule has 1 aromatic carbocycles. The molecule has 1 aromatic rings. The second kappa shape index (κ2) is 3.52. The number of hydrogen-bond donors (Lipinski definition) is 0. The van der Waals surface area contributed by atoms with E-state index in [-0.39, 0.29) is 5.41 Å². The number of rotatable bonds is 2. The van der Waals surface area contributed by atoms with E-state index in [0.29, 0.717) is 5.92 Å². The van der Waals surface area contributed by atoms with Gasteiger partial charge in [-0.1, -0.05) is 26.0 Å². The molecular formula is C14H17NO. The van der Waals surface area contributed by atoms with Crippen LogP contribution in [0.4, 0.5) is 0 Å². The number of nitrogens with zero attached hydrogens (tertiary/aromatic N) is 1. The van der Waals surface area contributed by atoms with Gasteiger partial charge in [-0.2, -0.15) is 5.26 Å². The fraction of sp³-hybridized carbons (Fsp3) is 0.500. The highest BCUT2D eigenvalue weighted by molar-refractivity contribution is 5.60. The molecule has 16 heavy (non-hydrogen) atoms. The van der Waals surface area contributed by atoms with Gasteiger partial charge in [0.05, 0.1) is 18.6 Å². The van der Waals surface area contributed by atoms with Crippen LogP contribution in [0.3, 0.4) is 0 Å². The monoisotopic (exact) mass is 215 g/mol. The molecule has 2 nitrogen and oxygen atoms in total. The fourth-order valence-corrected chi connectivity index (χ4v) is 2.52. The second-order valence-corrected chi connectivity index (χ2v) is 5.00. The Bertz CT molecular complexity index is 470. The Labute approximate surface area is 96.9 Å². The summed E-state index contributed by atoms with van der Waals surface area (Å²) < 4.78 is 5.52. The molecule has 1 unspecified atom stereocenters.